The number of pyridine rings is 1. The Labute approximate surface area is 190 Å². The van der Waals surface area contributed by atoms with E-state index < -0.39 is 0 Å². The van der Waals surface area contributed by atoms with E-state index in [1.54, 1.807) is 23.0 Å². The highest BCUT2D eigenvalue weighted by molar-refractivity contribution is 6.31. The minimum atomic E-state index is -0.288. The van der Waals surface area contributed by atoms with Crippen molar-refractivity contribution >= 4 is 28.5 Å². The van der Waals surface area contributed by atoms with Crippen LogP contribution in [-0.2, 0) is 17.9 Å². The van der Waals surface area contributed by atoms with Crippen molar-refractivity contribution in [2.45, 2.75) is 40.3 Å². The summed E-state index contributed by atoms with van der Waals surface area (Å²) in [4.78, 5) is 16.9. The van der Waals surface area contributed by atoms with Gasteiger partial charge in [0.2, 0.25) is 5.91 Å². The Kier molecular flexibility index (Phi) is 6.23. The lowest BCUT2D eigenvalue weighted by atomic mass is 10.0. The number of aryl methyl sites for hydroxylation is 3. The van der Waals surface area contributed by atoms with Crippen LogP contribution in [0, 0.1) is 26.6 Å². The summed E-state index contributed by atoms with van der Waals surface area (Å²) in [5.41, 5.74) is 4.90. The molecule has 9 heteroatoms. The number of amides is 1. The molecular formula is C23H24ClFN6O. The molecule has 1 aromatic carbocycles. The average molecular weight is 455 g/mol. The number of halogens is 2. The number of rotatable bonds is 7. The molecule has 0 aliphatic heterocycles. The normalized spacial score (nSPS) is 11.3. The number of carbonyl (C=O) groups excluding carboxylic acids is 1. The van der Waals surface area contributed by atoms with Gasteiger partial charge < -0.3 is 5.32 Å². The van der Waals surface area contributed by atoms with E-state index in [0.29, 0.717) is 23.8 Å². The van der Waals surface area contributed by atoms with Gasteiger partial charge in [-0.1, -0.05) is 23.7 Å². The molecule has 0 aliphatic carbocycles. The van der Waals surface area contributed by atoms with E-state index in [1.807, 2.05) is 31.5 Å². The molecule has 0 fully saturated rings. The lowest BCUT2D eigenvalue weighted by molar-refractivity contribution is -0.121. The number of hydrogen-bond donors (Lipinski definition) is 1. The molecule has 0 spiro atoms. The van der Waals surface area contributed by atoms with Gasteiger partial charge in [-0.25, -0.2) is 14.1 Å². The molecule has 32 heavy (non-hydrogen) atoms. The summed E-state index contributed by atoms with van der Waals surface area (Å²) in [6, 6.07) is 8.18. The molecule has 0 unspecified atom stereocenters. The van der Waals surface area contributed by atoms with Gasteiger partial charge in [0, 0.05) is 24.7 Å². The Balaban J connectivity index is 1.43. The molecule has 7 nitrogen and oxygen atoms in total. The van der Waals surface area contributed by atoms with Crippen molar-refractivity contribution in [1.82, 2.24) is 29.9 Å². The fourth-order valence-corrected chi connectivity index (χ4v) is 3.94. The van der Waals surface area contributed by atoms with Crippen LogP contribution in [0.3, 0.4) is 0 Å². The van der Waals surface area contributed by atoms with Crippen molar-refractivity contribution in [3.8, 4) is 11.1 Å². The highest BCUT2D eigenvalue weighted by Gasteiger charge is 2.16. The maximum absolute atomic E-state index is 13.3. The highest BCUT2D eigenvalue weighted by atomic mass is 35.5. The number of nitrogens with one attached hydrogen (secondary N) is 1. The number of benzene rings is 1. The Bertz CT molecular complexity index is 1280. The van der Waals surface area contributed by atoms with E-state index >= 15 is 0 Å². The van der Waals surface area contributed by atoms with Gasteiger partial charge in [-0.05, 0) is 56.5 Å². The van der Waals surface area contributed by atoms with Gasteiger partial charge in [0.05, 0.1) is 22.1 Å². The second-order valence-electron chi connectivity index (χ2n) is 7.72. The van der Waals surface area contributed by atoms with Gasteiger partial charge in [-0.2, -0.15) is 10.2 Å². The van der Waals surface area contributed by atoms with Crippen molar-refractivity contribution < 1.29 is 9.18 Å². The Morgan fingerprint density at radius 3 is 2.47 bits per heavy atom. The molecule has 0 radical (unpaired) electrons. The standard InChI is InChI=1S/C23H24ClFN6O/c1-14-21-19(17-5-7-18(25)8-6-17)9-11-27-23(21)31(28-14)13-20(32)26-10-4-12-30-16(3)22(24)15(2)29-30/h5-9,11H,4,10,12-13H2,1-3H3,(H,26,32). The molecule has 1 N–H and O–H groups in total. The number of nitrogens with zero attached hydrogens (tertiary/aromatic N) is 5. The Hall–Kier alpha value is -3.26. The molecule has 1 amide bonds. The molecular weight excluding hydrogens is 431 g/mol. The third kappa shape index (κ3) is 4.36. The molecule has 4 rings (SSSR count). The van der Waals surface area contributed by atoms with Crippen molar-refractivity contribution in [3.05, 3.63) is 64.5 Å². The van der Waals surface area contributed by atoms with Crippen LogP contribution in [0.5, 0.6) is 0 Å². The van der Waals surface area contributed by atoms with E-state index in [1.165, 1.54) is 12.1 Å². The van der Waals surface area contributed by atoms with Gasteiger partial charge in [0.1, 0.15) is 12.4 Å². The first-order chi connectivity index (χ1) is 15.3. The maximum Gasteiger partial charge on any atom is 0.241 e. The molecule has 0 bridgehead atoms. The third-order valence-electron chi connectivity index (χ3n) is 5.42. The van der Waals surface area contributed by atoms with Crippen molar-refractivity contribution in [2.75, 3.05) is 6.54 Å². The molecule has 0 atom stereocenters. The largest absolute Gasteiger partial charge is 0.354 e. The monoisotopic (exact) mass is 454 g/mol. The van der Waals surface area contributed by atoms with Gasteiger partial charge >= 0.3 is 0 Å². The molecule has 4 aromatic rings. The van der Waals surface area contributed by atoms with E-state index in [-0.39, 0.29) is 18.3 Å². The van der Waals surface area contributed by atoms with Crippen molar-refractivity contribution in [1.29, 1.82) is 0 Å². The minimum absolute atomic E-state index is 0.0654. The number of hydrogen-bond acceptors (Lipinski definition) is 4. The molecule has 3 heterocycles. The molecule has 0 saturated heterocycles. The van der Waals surface area contributed by atoms with Crippen molar-refractivity contribution in [2.24, 2.45) is 0 Å². The second kappa shape index (κ2) is 9.08. The van der Waals surface area contributed by atoms with Gasteiger partial charge in [-0.15, -0.1) is 0 Å². The third-order valence-corrected chi connectivity index (χ3v) is 5.97. The van der Waals surface area contributed by atoms with Crippen LogP contribution in [-0.4, -0.2) is 37.0 Å². The Morgan fingerprint density at radius 2 is 1.78 bits per heavy atom. The summed E-state index contributed by atoms with van der Waals surface area (Å²) in [5.74, 6) is -0.432. The van der Waals surface area contributed by atoms with Crippen LogP contribution in [0.2, 0.25) is 5.02 Å². The zero-order chi connectivity index (χ0) is 22.8. The number of aromatic nitrogens is 5. The van der Waals surface area contributed by atoms with E-state index in [0.717, 1.165) is 40.0 Å². The van der Waals surface area contributed by atoms with Gasteiger partial charge in [0.15, 0.2) is 5.65 Å². The smallest absolute Gasteiger partial charge is 0.241 e. The SMILES string of the molecule is Cc1nn(CCCNC(=O)Cn2nc(C)c3c(-c4ccc(F)cc4)ccnc32)c(C)c1Cl. The number of carbonyl (C=O) groups is 1. The predicted octanol–water partition coefficient (Wildman–Crippen LogP) is 4.22. The minimum Gasteiger partial charge on any atom is -0.354 e. The summed E-state index contributed by atoms with van der Waals surface area (Å²) in [5, 5.41) is 13.4. The van der Waals surface area contributed by atoms with E-state index in [2.05, 4.69) is 20.5 Å². The van der Waals surface area contributed by atoms with E-state index in [9.17, 15) is 9.18 Å². The zero-order valence-electron chi connectivity index (χ0n) is 18.2. The average Bonchev–Trinajstić information content (AvgIpc) is 3.22. The van der Waals surface area contributed by atoms with Crippen LogP contribution in [0.4, 0.5) is 4.39 Å². The lowest BCUT2D eigenvalue weighted by Crippen LogP contribution is -2.29. The van der Waals surface area contributed by atoms with E-state index in [4.69, 9.17) is 11.6 Å². The summed E-state index contributed by atoms with van der Waals surface area (Å²) >= 11 is 6.17. The molecule has 0 aliphatic rings. The van der Waals surface area contributed by atoms with Crippen molar-refractivity contribution in [3.63, 3.8) is 0 Å². The quantitative estimate of drug-likeness (QED) is 0.424. The molecule has 166 valence electrons. The second-order valence-corrected chi connectivity index (χ2v) is 8.10. The molecule has 0 saturated carbocycles. The first-order valence-corrected chi connectivity index (χ1v) is 10.8. The van der Waals surface area contributed by atoms with Crippen LogP contribution in [0.15, 0.2) is 36.5 Å². The topological polar surface area (TPSA) is 77.6 Å². The highest BCUT2D eigenvalue weighted by Crippen LogP contribution is 2.29. The van der Waals surface area contributed by atoms with Crippen LogP contribution in [0.1, 0.15) is 23.5 Å². The summed E-state index contributed by atoms with van der Waals surface area (Å²) in [7, 11) is 0. The summed E-state index contributed by atoms with van der Waals surface area (Å²) in [6.45, 7) is 6.94. The van der Waals surface area contributed by atoms with Gasteiger partial charge in [-0.3, -0.25) is 9.48 Å². The molecule has 3 aromatic heterocycles. The van der Waals surface area contributed by atoms with Crippen LogP contribution < -0.4 is 5.32 Å². The lowest BCUT2D eigenvalue weighted by Gasteiger charge is -2.08. The first kappa shape index (κ1) is 22.0. The van der Waals surface area contributed by atoms with Gasteiger partial charge in [0.25, 0.3) is 0 Å². The Morgan fingerprint density at radius 1 is 1.06 bits per heavy atom. The fraction of sp³-hybridized carbons (Fsp3) is 0.304. The number of fused-ring (bicyclic) bond motifs is 1. The maximum atomic E-state index is 13.3. The summed E-state index contributed by atoms with van der Waals surface area (Å²) < 4.78 is 16.8. The fourth-order valence-electron chi connectivity index (χ4n) is 3.80. The zero-order valence-corrected chi connectivity index (χ0v) is 18.9. The predicted molar refractivity (Wildman–Crippen MR) is 122 cm³/mol. The summed E-state index contributed by atoms with van der Waals surface area (Å²) in [6.07, 6.45) is 2.41. The van der Waals surface area contributed by atoms with Crippen LogP contribution in [0.25, 0.3) is 22.2 Å². The van der Waals surface area contributed by atoms with Crippen LogP contribution >= 0.6 is 11.6 Å². The first-order valence-electron chi connectivity index (χ1n) is 10.4.